The van der Waals surface area contributed by atoms with Crippen molar-refractivity contribution < 1.29 is 9.59 Å². The minimum absolute atomic E-state index is 0.0168. The summed E-state index contributed by atoms with van der Waals surface area (Å²) < 4.78 is 0.947. The lowest BCUT2D eigenvalue weighted by Crippen LogP contribution is -2.44. The van der Waals surface area contributed by atoms with E-state index in [9.17, 15) is 9.59 Å². The molecule has 0 spiro atoms. The second-order valence-electron chi connectivity index (χ2n) is 6.19. The van der Waals surface area contributed by atoms with Gasteiger partial charge in [-0.15, -0.1) is 11.3 Å². The van der Waals surface area contributed by atoms with Crippen LogP contribution in [0.5, 0.6) is 0 Å². The summed E-state index contributed by atoms with van der Waals surface area (Å²) in [6.45, 7) is 2.66. The van der Waals surface area contributed by atoms with E-state index in [2.05, 4.69) is 15.9 Å². The van der Waals surface area contributed by atoms with Crippen molar-refractivity contribution >= 4 is 39.2 Å². The number of likely N-dealkylation sites (tertiary alicyclic amines) is 2. The maximum absolute atomic E-state index is 12.5. The van der Waals surface area contributed by atoms with E-state index in [1.54, 1.807) is 4.90 Å². The van der Waals surface area contributed by atoms with Crippen molar-refractivity contribution in [2.45, 2.75) is 24.9 Å². The number of amides is 3. The van der Waals surface area contributed by atoms with Gasteiger partial charge in [0.1, 0.15) is 0 Å². The fourth-order valence-corrected chi connectivity index (χ4v) is 4.53. The third kappa shape index (κ3) is 3.54. The van der Waals surface area contributed by atoms with E-state index in [4.69, 9.17) is 5.73 Å². The molecule has 3 amide bonds. The van der Waals surface area contributed by atoms with Crippen LogP contribution < -0.4 is 5.73 Å². The molecule has 1 aromatic rings. The number of carbonyl (C=O) groups is 2. The van der Waals surface area contributed by atoms with E-state index in [1.807, 2.05) is 29.0 Å². The van der Waals surface area contributed by atoms with E-state index in [-0.39, 0.29) is 24.0 Å². The highest BCUT2D eigenvalue weighted by Crippen LogP contribution is 2.25. The van der Waals surface area contributed by atoms with Crippen LogP contribution in [-0.2, 0) is 0 Å². The first-order valence-electron chi connectivity index (χ1n) is 7.77. The highest BCUT2D eigenvalue weighted by molar-refractivity contribution is 9.11. The first kappa shape index (κ1) is 16.7. The fraction of sp³-hybridized carbons (Fsp3) is 0.600. The molecule has 23 heavy (non-hydrogen) atoms. The maximum atomic E-state index is 12.5. The number of rotatable bonds is 2. The molecule has 0 radical (unpaired) electrons. The molecule has 2 aliphatic rings. The summed E-state index contributed by atoms with van der Waals surface area (Å²) in [5.41, 5.74) is 5.88. The van der Waals surface area contributed by atoms with Crippen molar-refractivity contribution in [2.75, 3.05) is 33.2 Å². The van der Waals surface area contributed by atoms with Crippen molar-refractivity contribution in [3.63, 3.8) is 0 Å². The van der Waals surface area contributed by atoms with Crippen molar-refractivity contribution in [2.24, 2.45) is 5.73 Å². The zero-order valence-electron chi connectivity index (χ0n) is 13.1. The van der Waals surface area contributed by atoms with E-state index < -0.39 is 0 Å². The van der Waals surface area contributed by atoms with Crippen molar-refractivity contribution in [3.05, 3.63) is 20.8 Å². The number of urea groups is 1. The summed E-state index contributed by atoms with van der Waals surface area (Å²) in [5.74, 6) is 0.0168. The number of nitrogens with two attached hydrogens (primary N) is 1. The molecule has 1 unspecified atom stereocenters. The lowest BCUT2D eigenvalue weighted by atomic mass is 10.2. The van der Waals surface area contributed by atoms with Crippen LogP contribution in [0.15, 0.2) is 15.9 Å². The maximum Gasteiger partial charge on any atom is 0.320 e. The molecule has 3 heterocycles. The van der Waals surface area contributed by atoms with Gasteiger partial charge in [0, 0.05) is 39.3 Å². The molecular formula is C15H21BrN4O2S. The van der Waals surface area contributed by atoms with Crippen LogP contribution in [-0.4, -0.2) is 71.9 Å². The summed E-state index contributed by atoms with van der Waals surface area (Å²) in [7, 11) is 1.82. The third-order valence-corrected chi connectivity index (χ3v) is 6.19. The van der Waals surface area contributed by atoms with Gasteiger partial charge in [0.25, 0.3) is 5.91 Å². The molecule has 2 aliphatic heterocycles. The minimum atomic E-state index is 0.0168. The Balaban J connectivity index is 1.58. The molecule has 6 nitrogen and oxygen atoms in total. The van der Waals surface area contributed by atoms with Gasteiger partial charge in [-0.2, -0.15) is 0 Å². The summed E-state index contributed by atoms with van der Waals surface area (Å²) >= 11 is 4.82. The first-order valence-corrected chi connectivity index (χ1v) is 9.38. The molecular weight excluding hydrogens is 380 g/mol. The van der Waals surface area contributed by atoms with Crippen molar-refractivity contribution in [3.8, 4) is 0 Å². The van der Waals surface area contributed by atoms with E-state index in [0.717, 1.165) is 28.0 Å². The number of carbonyl (C=O) groups excluding carboxylic acids is 2. The smallest absolute Gasteiger partial charge is 0.320 e. The molecule has 2 saturated heterocycles. The number of hydrogen-bond donors (Lipinski definition) is 1. The van der Waals surface area contributed by atoms with Crippen LogP contribution in [0, 0.1) is 0 Å². The zero-order valence-corrected chi connectivity index (χ0v) is 15.5. The standard InChI is InChI=1S/C15H21BrN4O2S/c1-18(14(21)12-2-3-13(16)23-12)11-5-7-20(9-11)15(22)19-6-4-10(17)8-19/h2-3,10-11H,4-9,17H2,1H3/t10-,11?/m1/s1. The molecule has 126 valence electrons. The average molecular weight is 401 g/mol. The van der Waals surface area contributed by atoms with E-state index >= 15 is 0 Å². The number of nitrogens with zero attached hydrogens (tertiary/aromatic N) is 3. The predicted octanol–water partition coefficient (Wildman–Crippen LogP) is 1.81. The Kier molecular flexibility index (Phi) is 4.93. The lowest BCUT2D eigenvalue weighted by Gasteiger charge is -2.27. The van der Waals surface area contributed by atoms with Crippen LogP contribution in [0.4, 0.5) is 4.79 Å². The summed E-state index contributed by atoms with van der Waals surface area (Å²) in [6, 6.07) is 3.94. The predicted molar refractivity (Wildman–Crippen MR) is 93.7 cm³/mol. The topological polar surface area (TPSA) is 69.9 Å². The molecule has 1 aromatic heterocycles. The normalized spacial score (nSPS) is 24.3. The highest BCUT2D eigenvalue weighted by Gasteiger charge is 2.35. The number of thiophene rings is 1. The quantitative estimate of drug-likeness (QED) is 0.822. The van der Waals surface area contributed by atoms with Gasteiger partial charge in [-0.25, -0.2) is 4.79 Å². The van der Waals surface area contributed by atoms with E-state index in [1.165, 1.54) is 11.3 Å². The van der Waals surface area contributed by atoms with Crippen LogP contribution in [0.25, 0.3) is 0 Å². The summed E-state index contributed by atoms with van der Waals surface area (Å²) in [4.78, 5) is 31.2. The Morgan fingerprint density at radius 1 is 1.26 bits per heavy atom. The van der Waals surface area contributed by atoms with Crippen LogP contribution in [0.3, 0.4) is 0 Å². The second kappa shape index (κ2) is 6.78. The number of hydrogen-bond acceptors (Lipinski definition) is 4. The van der Waals surface area contributed by atoms with Gasteiger partial charge in [-0.1, -0.05) is 0 Å². The molecule has 0 aromatic carbocycles. The number of halogens is 1. The van der Waals surface area contributed by atoms with Crippen molar-refractivity contribution in [1.29, 1.82) is 0 Å². The van der Waals surface area contributed by atoms with Crippen LogP contribution in [0.1, 0.15) is 22.5 Å². The zero-order chi connectivity index (χ0) is 16.6. The molecule has 3 rings (SSSR count). The molecule has 2 fully saturated rings. The van der Waals surface area contributed by atoms with Crippen LogP contribution in [0.2, 0.25) is 0 Å². The molecule has 0 saturated carbocycles. The van der Waals surface area contributed by atoms with Gasteiger partial charge < -0.3 is 20.4 Å². The van der Waals surface area contributed by atoms with Crippen molar-refractivity contribution in [1.82, 2.24) is 14.7 Å². The summed E-state index contributed by atoms with van der Waals surface area (Å²) in [6.07, 6.45) is 1.69. The molecule has 2 N–H and O–H groups in total. The van der Waals surface area contributed by atoms with Gasteiger partial charge >= 0.3 is 6.03 Å². The molecule has 0 bridgehead atoms. The fourth-order valence-electron chi connectivity index (χ4n) is 3.16. The second-order valence-corrected chi connectivity index (χ2v) is 8.65. The first-order chi connectivity index (χ1) is 11.0. The molecule has 2 atom stereocenters. The largest absolute Gasteiger partial charge is 0.336 e. The minimum Gasteiger partial charge on any atom is -0.336 e. The van der Waals surface area contributed by atoms with Gasteiger partial charge in [0.2, 0.25) is 0 Å². The lowest BCUT2D eigenvalue weighted by molar-refractivity contribution is 0.0740. The molecule has 0 aliphatic carbocycles. The van der Waals surface area contributed by atoms with E-state index in [0.29, 0.717) is 19.6 Å². The van der Waals surface area contributed by atoms with Crippen LogP contribution >= 0.6 is 27.3 Å². The Labute approximate surface area is 148 Å². The van der Waals surface area contributed by atoms with Gasteiger partial charge in [-0.3, -0.25) is 4.79 Å². The van der Waals surface area contributed by atoms with Gasteiger partial charge in [0.05, 0.1) is 14.7 Å². The highest BCUT2D eigenvalue weighted by atomic mass is 79.9. The van der Waals surface area contributed by atoms with Gasteiger partial charge in [-0.05, 0) is 40.9 Å². The summed E-state index contributed by atoms with van der Waals surface area (Å²) in [5, 5.41) is 0. The Bertz CT molecular complexity index is 608. The Morgan fingerprint density at radius 3 is 2.57 bits per heavy atom. The SMILES string of the molecule is CN(C(=O)c1ccc(Br)s1)C1CCN(C(=O)N2CC[C@@H](N)C2)C1. The Morgan fingerprint density at radius 2 is 1.96 bits per heavy atom. The third-order valence-electron chi connectivity index (χ3n) is 4.58. The number of likely N-dealkylation sites (N-methyl/N-ethyl adjacent to an activating group) is 1. The van der Waals surface area contributed by atoms with Gasteiger partial charge in [0.15, 0.2) is 0 Å². The average Bonchev–Trinajstić information content (AvgIpc) is 3.25. The monoisotopic (exact) mass is 400 g/mol. The molecule has 8 heteroatoms. The Hall–Kier alpha value is -1.12.